The highest BCUT2D eigenvalue weighted by atomic mass is 79.9. The van der Waals surface area contributed by atoms with Crippen LogP contribution in [0.2, 0.25) is 0 Å². The fourth-order valence-electron chi connectivity index (χ4n) is 2.35. The van der Waals surface area contributed by atoms with E-state index in [4.69, 9.17) is 0 Å². The molecule has 2 aromatic rings. The van der Waals surface area contributed by atoms with E-state index < -0.39 is 0 Å². The van der Waals surface area contributed by atoms with Gasteiger partial charge >= 0.3 is 0 Å². The number of nitrogens with one attached hydrogen (secondary N) is 1. The second-order valence-corrected chi connectivity index (χ2v) is 5.79. The zero-order chi connectivity index (χ0) is 15.4. The molecule has 1 atom stereocenters. The van der Waals surface area contributed by atoms with Crippen molar-refractivity contribution < 1.29 is 4.39 Å². The number of benzene rings is 2. The molecule has 0 saturated heterocycles. The molecule has 2 aromatic carbocycles. The minimum Gasteiger partial charge on any atom is -0.342 e. The highest BCUT2D eigenvalue weighted by molar-refractivity contribution is 9.10. The van der Waals surface area contributed by atoms with Gasteiger partial charge in [0.2, 0.25) is 0 Å². The first-order valence-electron chi connectivity index (χ1n) is 7.06. The summed E-state index contributed by atoms with van der Waals surface area (Å²) in [6, 6.07) is 13.2. The van der Waals surface area contributed by atoms with Gasteiger partial charge in [0.15, 0.2) is 0 Å². The van der Waals surface area contributed by atoms with Crippen LogP contribution in [0.25, 0.3) is 0 Å². The van der Waals surface area contributed by atoms with Crippen molar-refractivity contribution in [2.24, 2.45) is 0 Å². The van der Waals surface area contributed by atoms with Crippen molar-refractivity contribution in [2.75, 3.05) is 18.5 Å². The Bertz CT molecular complexity index is 615. The zero-order valence-corrected chi connectivity index (χ0v) is 14.1. The molecule has 2 rings (SSSR count). The topological polar surface area (TPSA) is 15.3 Å². The van der Waals surface area contributed by atoms with Crippen LogP contribution in [-0.4, -0.2) is 13.6 Å². The molecule has 2 nitrogen and oxygen atoms in total. The summed E-state index contributed by atoms with van der Waals surface area (Å²) in [4.78, 5) is 2.08. The van der Waals surface area contributed by atoms with Gasteiger partial charge in [0, 0.05) is 28.4 Å². The summed E-state index contributed by atoms with van der Waals surface area (Å²) in [5, 5.41) is 3.23. The standard InChI is InChI=1S/C17H20BrFN2/c1-4-21(14-7-5-6-13(19)10-14)15-8-9-16(12(2)20-3)17(18)11-15/h5-12,20H,4H2,1-3H3. The minimum absolute atomic E-state index is 0.217. The summed E-state index contributed by atoms with van der Waals surface area (Å²) in [5.74, 6) is -0.217. The lowest BCUT2D eigenvalue weighted by Gasteiger charge is -2.25. The Hall–Kier alpha value is -1.39. The van der Waals surface area contributed by atoms with Gasteiger partial charge in [-0.3, -0.25) is 0 Å². The Balaban J connectivity index is 2.37. The smallest absolute Gasteiger partial charge is 0.125 e. The van der Waals surface area contributed by atoms with Crippen LogP contribution in [0.5, 0.6) is 0 Å². The van der Waals surface area contributed by atoms with E-state index in [0.29, 0.717) is 0 Å². The van der Waals surface area contributed by atoms with Crippen LogP contribution in [0, 0.1) is 5.82 Å². The molecule has 0 bridgehead atoms. The first-order valence-corrected chi connectivity index (χ1v) is 7.86. The summed E-state index contributed by atoms with van der Waals surface area (Å²) in [5.41, 5.74) is 3.11. The van der Waals surface area contributed by atoms with E-state index in [1.54, 1.807) is 12.1 Å². The Labute approximate surface area is 134 Å². The molecule has 0 spiro atoms. The number of anilines is 2. The molecule has 0 fully saturated rings. The second-order valence-electron chi connectivity index (χ2n) is 4.94. The molecule has 1 N–H and O–H groups in total. The normalized spacial score (nSPS) is 12.2. The maximum absolute atomic E-state index is 13.4. The first kappa shape index (κ1) is 16.0. The van der Waals surface area contributed by atoms with Gasteiger partial charge in [0.05, 0.1) is 0 Å². The van der Waals surface area contributed by atoms with Crippen molar-refractivity contribution in [3.8, 4) is 0 Å². The molecule has 0 aliphatic rings. The molecule has 0 amide bonds. The number of hydrogen-bond acceptors (Lipinski definition) is 2. The lowest BCUT2D eigenvalue weighted by Crippen LogP contribution is -2.17. The molecule has 0 saturated carbocycles. The summed E-state index contributed by atoms with van der Waals surface area (Å²) < 4.78 is 14.5. The molecule has 0 heterocycles. The number of hydrogen-bond donors (Lipinski definition) is 1. The van der Waals surface area contributed by atoms with E-state index in [0.717, 1.165) is 22.4 Å². The average molecular weight is 351 g/mol. The predicted molar refractivity (Wildman–Crippen MR) is 90.7 cm³/mol. The highest BCUT2D eigenvalue weighted by Gasteiger charge is 2.12. The zero-order valence-electron chi connectivity index (χ0n) is 12.5. The summed E-state index contributed by atoms with van der Waals surface area (Å²) in [7, 11) is 1.94. The van der Waals surface area contributed by atoms with E-state index in [1.165, 1.54) is 11.6 Å². The summed E-state index contributed by atoms with van der Waals surface area (Å²) >= 11 is 3.63. The van der Waals surface area contributed by atoms with Crippen LogP contribution in [0.1, 0.15) is 25.5 Å². The van der Waals surface area contributed by atoms with Gasteiger partial charge in [0.1, 0.15) is 5.82 Å². The van der Waals surface area contributed by atoms with Crippen LogP contribution in [-0.2, 0) is 0 Å². The Morgan fingerprint density at radius 2 is 1.90 bits per heavy atom. The third-order valence-corrected chi connectivity index (χ3v) is 4.32. The van der Waals surface area contributed by atoms with Crippen LogP contribution in [0.15, 0.2) is 46.9 Å². The monoisotopic (exact) mass is 350 g/mol. The molecule has 0 aromatic heterocycles. The van der Waals surface area contributed by atoms with Crippen LogP contribution >= 0.6 is 15.9 Å². The molecule has 112 valence electrons. The van der Waals surface area contributed by atoms with Crippen LogP contribution in [0.3, 0.4) is 0 Å². The molecule has 1 unspecified atom stereocenters. The minimum atomic E-state index is -0.217. The molecular weight excluding hydrogens is 331 g/mol. The van der Waals surface area contributed by atoms with Gasteiger partial charge in [-0.15, -0.1) is 0 Å². The van der Waals surface area contributed by atoms with E-state index in [9.17, 15) is 4.39 Å². The van der Waals surface area contributed by atoms with Crippen molar-refractivity contribution >= 4 is 27.3 Å². The van der Waals surface area contributed by atoms with Gasteiger partial charge < -0.3 is 10.2 Å². The Morgan fingerprint density at radius 3 is 2.48 bits per heavy atom. The predicted octanol–water partition coefficient (Wildman–Crippen LogP) is 5.03. The summed E-state index contributed by atoms with van der Waals surface area (Å²) in [6.45, 7) is 4.95. The van der Waals surface area contributed by atoms with E-state index in [2.05, 4.69) is 58.2 Å². The lowest BCUT2D eigenvalue weighted by molar-refractivity contribution is 0.627. The van der Waals surface area contributed by atoms with E-state index >= 15 is 0 Å². The fraction of sp³-hybridized carbons (Fsp3) is 0.294. The third kappa shape index (κ3) is 3.63. The molecular formula is C17H20BrFN2. The van der Waals surface area contributed by atoms with Crippen LogP contribution < -0.4 is 10.2 Å². The molecule has 0 aliphatic carbocycles. The third-order valence-electron chi connectivity index (χ3n) is 3.63. The molecule has 4 heteroatoms. The van der Waals surface area contributed by atoms with Gasteiger partial charge in [-0.1, -0.05) is 28.1 Å². The largest absolute Gasteiger partial charge is 0.342 e. The Morgan fingerprint density at radius 1 is 1.19 bits per heavy atom. The van der Waals surface area contributed by atoms with Crippen molar-refractivity contribution in [1.29, 1.82) is 0 Å². The molecule has 0 radical (unpaired) electrons. The van der Waals surface area contributed by atoms with Crippen LogP contribution in [0.4, 0.5) is 15.8 Å². The van der Waals surface area contributed by atoms with Gasteiger partial charge in [-0.25, -0.2) is 4.39 Å². The number of rotatable bonds is 5. The number of halogens is 2. The maximum Gasteiger partial charge on any atom is 0.125 e. The van der Waals surface area contributed by atoms with Gasteiger partial charge in [0.25, 0.3) is 0 Å². The molecule has 0 aliphatic heterocycles. The van der Waals surface area contributed by atoms with Crippen molar-refractivity contribution in [1.82, 2.24) is 5.32 Å². The maximum atomic E-state index is 13.4. The van der Waals surface area contributed by atoms with E-state index in [1.807, 2.05) is 13.1 Å². The fourth-order valence-corrected chi connectivity index (χ4v) is 3.06. The van der Waals surface area contributed by atoms with Gasteiger partial charge in [-0.05, 0) is 56.8 Å². The second kappa shape index (κ2) is 7.05. The van der Waals surface area contributed by atoms with Gasteiger partial charge in [-0.2, -0.15) is 0 Å². The van der Waals surface area contributed by atoms with Crippen molar-refractivity contribution in [3.05, 3.63) is 58.3 Å². The molecule has 21 heavy (non-hydrogen) atoms. The number of nitrogens with zero attached hydrogens (tertiary/aromatic N) is 1. The first-order chi connectivity index (χ1) is 10.1. The quantitative estimate of drug-likeness (QED) is 0.813. The highest BCUT2D eigenvalue weighted by Crippen LogP contribution is 2.31. The van der Waals surface area contributed by atoms with Crippen molar-refractivity contribution in [2.45, 2.75) is 19.9 Å². The van der Waals surface area contributed by atoms with Crippen molar-refractivity contribution in [3.63, 3.8) is 0 Å². The SMILES string of the molecule is CCN(c1cccc(F)c1)c1ccc(C(C)NC)c(Br)c1. The lowest BCUT2D eigenvalue weighted by atomic mass is 10.1. The summed E-state index contributed by atoms with van der Waals surface area (Å²) in [6.07, 6.45) is 0. The average Bonchev–Trinajstić information content (AvgIpc) is 2.47. The van der Waals surface area contributed by atoms with E-state index in [-0.39, 0.29) is 11.9 Å². The Kier molecular flexibility index (Phi) is 5.37.